The lowest BCUT2D eigenvalue weighted by Crippen LogP contribution is -2.29. The Balaban J connectivity index is 1.56. The maximum atomic E-state index is 11.7. The Morgan fingerprint density at radius 2 is 2.18 bits per heavy atom. The molecule has 6 nitrogen and oxygen atoms in total. The molecule has 1 aliphatic carbocycles. The van der Waals surface area contributed by atoms with Crippen molar-refractivity contribution in [2.45, 2.75) is 31.6 Å². The first-order valence-corrected chi connectivity index (χ1v) is 8.10. The fourth-order valence-corrected chi connectivity index (χ4v) is 3.32. The first-order valence-electron chi connectivity index (χ1n) is 7.29. The number of carboxylic acids is 1. The number of aromatic nitrogens is 1. The highest BCUT2D eigenvalue weighted by Crippen LogP contribution is 2.43. The fraction of sp³-hybridized carbons (Fsp3) is 0.400. The summed E-state index contributed by atoms with van der Waals surface area (Å²) in [6.45, 7) is 0.340. The van der Waals surface area contributed by atoms with Gasteiger partial charge in [0, 0.05) is 24.6 Å². The van der Waals surface area contributed by atoms with E-state index in [1.807, 2.05) is 18.2 Å². The molecule has 3 rings (SSSR count). The Morgan fingerprint density at radius 3 is 2.91 bits per heavy atom. The molecule has 1 fully saturated rings. The smallest absolute Gasteiger partial charge is 0.319 e. The Kier molecular flexibility index (Phi) is 4.24. The molecule has 116 valence electrons. The summed E-state index contributed by atoms with van der Waals surface area (Å²) in [6.07, 6.45) is 2.92. The number of urea groups is 1. The number of anilines is 1. The molecular formula is C15H17N3O3S. The molecule has 1 heterocycles. The number of rotatable bonds is 6. The van der Waals surface area contributed by atoms with Crippen LogP contribution in [-0.2, 0) is 4.79 Å². The molecule has 3 N–H and O–H groups in total. The molecule has 1 aromatic carbocycles. The maximum absolute atomic E-state index is 11.7. The van der Waals surface area contributed by atoms with Crippen LogP contribution in [-0.4, -0.2) is 28.6 Å². The highest BCUT2D eigenvalue weighted by molar-refractivity contribution is 7.18. The van der Waals surface area contributed by atoms with Gasteiger partial charge in [0.2, 0.25) is 0 Å². The van der Waals surface area contributed by atoms with Crippen molar-refractivity contribution in [1.82, 2.24) is 10.3 Å². The lowest BCUT2D eigenvalue weighted by Gasteiger charge is -2.06. The number of carbonyl (C=O) groups is 2. The second-order valence-corrected chi connectivity index (χ2v) is 6.45. The van der Waals surface area contributed by atoms with E-state index in [1.54, 1.807) is 11.3 Å². The quantitative estimate of drug-likeness (QED) is 0.713. The van der Waals surface area contributed by atoms with E-state index < -0.39 is 5.97 Å². The lowest BCUT2D eigenvalue weighted by atomic mass is 10.3. The Morgan fingerprint density at radius 1 is 1.36 bits per heavy atom. The number of nitrogens with one attached hydrogen (secondary N) is 2. The first-order chi connectivity index (χ1) is 10.6. The van der Waals surface area contributed by atoms with Gasteiger partial charge in [-0.1, -0.05) is 0 Å². The summed E-state index contributed by atoms with van der Waals surface area (Å²) in [4.78, 5) is 26.7. The monoisotopic (exact) mass is 319 g/mol. The minimum Gasteiger partial charge on any atom is -0.481 e. The number of carbonyl (C=O) groups excluding carboxylic acids is 1. The van der Waals surface area contributed by atoms with Gasteiger partial charge in [-0.2, -0.15) is 0 Å². The van der Waals surface area contributed by atoms with E-state index in [0.717, 1.165) is 10.2 Å². The molecule has 7 heteroatoms. The average molecular weight is 319 g/mol. The molecule has 0 aliphatic heterocycles. The summed E-state index contributed by atoms with van der Waals surface area (Å²) in [7, 11) is 0. The van der Waals surface area contributed by atoms with E-state index >= 15 is 0 Å². The van der Waals surface area contributed by atoms with Crippen LogP contribution in [0.5, 0.6) is 0 Å². The van der Waals surface area contributed by atoms with E-state index in [2.05, 4.69) is 15.6 Å². The summed E-state index contributed by atoms with van der Waals surface area (Å²) in [5.41, 5.74) is 1.69. The average Bonchev–Trinajstić information content (AvgIpc) is 3.23. The zero-order chi connectivity index (χ0) is 15.5. The molecule has 0 saturated heterocycles. The van der Waals surface area contributed by atoms with Crippen LogP contribution in [0.2, 0.25) is 0 Å². The van der Waals surface area contributed by atoms with E-state index in [1.165, 1.54) is 17.8 Å². The van der Waals surface area contributed by atoms with Gasteiger partial charge in [-0.15, -0.1) is 11.3 Å². The largest absolute Gasteiger partial charge is 0.481 e. The van der Waals surface area contributed by atoms with Gasteiger partial charge in [-0.3, -0.25) is 4.79 Å². The van der Waals surface area contributed by atoms with Gasteiger partial charge in [-0.25, -0.2) is 9.78 Å². The van der Waals surface area contributed by atoms with E-state index in [0.29, 0.717) is 24.6 Å². The summed E-state index contributed by atoms with van der Waals surface area (Å²) < 4.78 is 1.07. The summed E-state index contributed by atoms with van der Waals surface area (Å²) in [5, 5.41) is 15.1. The number of hydrogen-bond donors (Lipinski definition) is 3. The summed E-state index contributed by atoms with van der Waals surface area (Å²) >= 11 is 1.69. The van der Waals surface area contributed by atoms with Crippen molar-refractivity contribution >= 4 is 39.2 Å². The normalized spacial score (nSPS) is 14.0. The van der Waals surface area contributed by atoms with Crippen molar-refractivity contribution in [1.29, 1.82) is 0 Å². The second-order valence-electron chi connectivity index (χ2n) is 5.39. The highest BCUT2D eigenvalue weighted by Gasteiger charge is 2.26. The topological polar surface area (TPSA) is 91.3 Å². The maximum Gasteiger partial charge on any atom is 0.319 e. The minimum absolute atomic E-state index is 0.0526. The molecule has 1 aromatic heterocycles. The predicted molar refractivity (Wildman–Crippen MR) is 85.5 cm³/mol. The van der Waals surface area contributed by atoms with Crippen LogP contribution >= 0.6 is 11.3 Å². The van der Waals surface area contributed by atoms with Crippen LogP contribution in [0.1, 0.15) is 36.6 Å². The SMILES string of the molecule is O=C(O)CCCNC(=O)Nc1ccc2nc(C3CC3)sc2c1. The molecule has 1 saturated carbocycles. The van der Waals surface area contributed by atoms with Gasteiger partial charge in [0.15, 0.2) is 0 Å². The van der Waals surface area contributed by atoms with E-state index in [-0.39, 0.29) is 12.5 Å². The van der Waals surface area contributed by atoms with Crippen LogP contribution in [0.3, 0.4) is 0 Å². The summed E-state index contributed by atoms with van der Waals surface area (Å²) in [6, 6.07) is 5.35. The Bertz CT molecular complexity index is 709. The minimum atomic E-state index is -0.857. The second kappa shape index (κ2) is 6.31. The van der Waals surface area contributed by atoms with Crippen LogP contribution in [0, 0.1) is 0 Å². The zero-order valence-corrected chi connectivity index (χ0v) is 12.8. The lowest BCUT2D eigenvalue weighted by molar-refractivity contribution is -0.137. The van der Waals surface area contributed by atoms with Crippen molar-refractivity contribution in [3.8, 4) is 0 Å². The third-order valence-corrected chi connectivity index (χ3v) is 4.62. The number of carboxylic acid groups (broad SMARTS) is 1. The van der Waals surface area contributed by atoms with Crippen LogP contribution in [0.15, 0.2) is 18.2 Å². The van der Waals surface area contributed by atoms with E-state index in [9.17, 15) is 9.59 Å². The van der Waals surface area contributed by atoms with Gasteiger partial charge in [-0.05, 0) is 37.5 Å². The first kappa shape index (κ1) is 14.8. The molecule has 1 aliphatic rings. The molecule has 0 spiro atoms. The number of nitrogens with zero attached hydrogens (tertiary/aromatic N) is 1. The van der Waals surface area contributed by atoms with Gasteiger partial charge in [0.25, 0.3) is 0 Å². The third-order valence-electron chi connectivity index (χ3n) is 3.44. The Labute approximate surface area is 131 Å². The molecule has 0 bridgehead atoms. The molecule has 2 aromatic rings. The van der Waals surface area contributed by atoms with Crippen LogP contribution in [0.4, 0.5) is 10.5 Å². The predicted octanol–water partition coefficient (Wildman–Crippen LogP) is 3.16. The van der Waals surface area contributed by atoms with Gasteiger partial charge < -0.3 is 15.7 Å². The number of hydrogen-bond acceptors (Lipinski definition) is 4. The van der Waals surface area contributed by atoms with Gasteiger partial charge >= 0.3 is 12.0 Å². The zero-order valence-electron chi connectivity index (χ0n) is 12.0. The number of benzene rings is 1. The number of aliphatic carboxylic acids is 1. The third kappa shape index (κ3) is 3.73. The molecule has 22 heavy (non-hydrogen) atoms. The van der Waals surface area contributed by atoms with Crippen LogP contribution in [0.25, 0.3) is 10.2 Å². The van der Waals surface area contributed by atoms with Gasteiger partial charge in [0.1, 0.15) is 0 Å². The molecule has 0 atom stereocenters. The summed E-state index contributed by atoms with van der Waals surface area (Å²) in [5.74, 6) is -0.226. The van der Waals surface area contributed by atoms with Crippen molar-refractivity contribution in [2.24, 2.45) is 0 Å². The van der Waals surface area contributed by atoms with Crippen molar-refractivity contribution in [3.05, 3.63) is 23.2 Å². The van der Waals surface area contributed by atoms with E-state index in [4.69, 9.17) is 5.11 Å². The number of fused-ring (bicyclic) bond motifs is 1. The fourth-order valence-electron chi connectivity index (χ4n) is 2.14. The molecule has 0 unspecified atom stereocenters. The number of amides is 2. The highest BCUT2D eigenvalue weighted by atomic mass is 32.1. The molecular weight excluding hydrogens is 302 g/mol. The van der Waals surface area contributed by atoms with Crippen molar-refractivity contribution in [2.75, 3.05) is 11.9 Å². The number of thiazole rings is 1. The molecule has 0 radical (unpaired) electrons. The Hall–Kier alpha value is -2.15. The van der Waals surface area contributed by atoms with Crippen molar-refractivity contribution in [3.63, 3.8) is 0 Å². The standard InChI is InChI=1S/C15H17N3O3S/c19-13(20)2-1-7-16-15(21)17-10-5-6-11-12(8-10)22-14(18-11)9-3-4-9/h5-6,8-9H,1-4,7H2,(H,19,20)(H2,16,17,21). The molecule has 2 amide bonds. The van der Waals surface area contributed by atoms with Crippen LogP contribution < -0.4 is 10.6 Å². The van der Waals surface area contributed by atoms with Gasteiger partial charge in [0.05, 0.1) is 15.2 Å². The van der Waals surface area contributed by atoms with Crippen molar-refractivity contribution < 1.29 is 14.7 Å².